The molecule has 0 aromatic heterocycles. The third-order valence-electron chi connectivity index (χ3n) is 6.80. The summed E-state index contributed by atoms with van der Waals surface area (Å²) in [6.45, 7) is 5.44. The van der Waals surface area contributed by atoms with E-state index in [2.05, 4.69) is 43.0 Å². The minimum atomic E-state index is 0.131. The van der Waals surface area contributed by atoms with Gasteiger partial charge in [-0.05, 0) is 80.5 Å². The van der Waals surface area contributed by atoms with Gasteiger partial charge < -0.3 is 19.4 Å². The first-order valence-corrected chi connectivity index (χ1v) is 11.6. The zero-order valence-corrected chi connectivity index (χ0v) is 19.6. The summed E-state index contributed by atoms with van der Waals surface area (Å²) in [7, 11) is 4.30. The number of aryl methyl sites for hydroxylation is 1. The van der Waals surface area contributed by atoms with Gasteiger partial charge in [-0.1, -0.05) is 30.3 Å². The van der Waals surface area contributed by atoms with Gasteiger partial charge in [0.25, 0.3) is 5.91 Å². The summed E-state index contributed by atoms with van der Waals surface area (Å²) < 4.78 is 5.89. The number of para-hydroxylation sites is 1. The van der Waals surface area contributed by atoms with Crippen LogP contribution < -0.4 is 9.64 Å². The molecule has 5 nitrogen and oxygen atoms in total. The van der Waals surface area contributed by atoms with Crippen molar-refractivity contribution in [3.05, 3.63) is 89.0 Å². The van der Waals surface area contributed by atoms with Crippen molar-refractivity contribution < 1.29 is 9.53 Å². The van der Waals surface area contributed by atoms with Gasteiger partial charge in [-0.2, -0.15) is 0 Å². The lowest BCUT2D eigenvalue weighted by Gasteiger charge is -2.22. The number of carbonyl (C=O) groups excluding carboxylic acids is 1. The quantitative estimate of drug-likeness (QED) is 0.534. The molecule has 5 heteroatoms. The van der Waals surface area contributed by atoms with Crippen molar-refractivity contribution >= 4 is 11.6 Å². The number of nitrogens with zero attached hydrogens (tertiary/aromatic N) is 3. The zero-order chi connectivity index (χ0) is 22.9. The minimum absolute atomic E-state index is 0.131. The SMILES string of the molecule is Cc1cc(N2CCC(N(C)C)C2)cc2c1C(=O)N(Cc1ccc(Oc3ccccc3)cc1)C2. The van der Waals surface area contributed by atoms with E-state index >= 15 is 0 Å². The molecule has 1 saturated heterocycles. The monoisotopic (exact) mass is 441 g/mol. The fourth-order valence-electron chi connectivity index (χ4n) is 4.92. The molecule has 2 aliphatic heterocycles. The molecule has 0 N–H and O–H groups in total. The predicted octanol–water partition coefficient (Wildman–Crippen LogP) is 5.08. The number of ether oxygens (including phenoxy) is 1. The molecule has 0 saturated carbocycles. The van der Waals surface area contributed by atoms with E-state index in [0.717, 1.165) is 46.8 Å². The molecule has 1 atom stereocenters. The highest BCUT2D eigenvalue weighted by atomic mass is 16.5. The molecule has 0 bridgehead atoms. The molecular weight excluding hydrogens is 410 g/mol. The largest absolute Gasteiger partial charge is 0.457 e. The summed E-state index contributed by atoms with van der Waals surface area (Å²) in [5.74, 6) is 1.74. The Kier molecular flexibility index (Phi) is 5.81. The van der Waals surface area contributed by atoms with E-state index < -0.39 is 0 Å². The van der Waals surface area contributed by atoms with E-state index in [9.17, 15) is 4.79 Å². The highest BCUT2D eigenvalue weighted by molar-refractivity contribution is 6.00. The second-order valence-corrected chi connectivity index (χ2v) is 9.37. The fraction of sp³-hybridized carbons (Fsp3) is 0.321. The van der Waals surface area contributed by atoms with Crippen molar-refractivity contribution in [1.82, 2.24) is 9.80 Å². The molecule has 33 heavy (non-hydrogen) atoms. The molecule has 1 fully saturated rings. The fourth-order valence-corrected chi connectivity index (χ4v) is 4.92. The van der Waals surface area contributed by atoms with Crippen LogP contribution in [0.5, 0.6) is 11.5 Å². The van der Waals surface area contributed by atoms with E-state index in [4.69, 9.17) is 4.74 Å². The summed E-state index contributed by atoms with van der Waals surface area (Å²) in [6.07, 6.45) is 1.18. The van der Waals surface area contributed by atoms with Gasteiger partial charge in [-0.25, -0.2) is 0 Å². The molecular formula is C28H31N3O2. The Morgan fingerprint density at radius 3 is 2.42 bits per heavy atom. The van der Waals surface area contributed by atoms with E-state index in [1.54, 1.807) is 0 Å². The van der Waals surface area contributed by atoms with E-state index in [-0.39, 0.29) is 5.91 Å². The van der Waals surface area contributed by atoms with Gasteiger partial charge in [0.2, 0.25) is 0 Å². The molecule has 3 aromatic carbocycles. The summed E-state index contributed by atoms with van der Waals surface area (Å²) in [6, 6.07) is 22.8. The zero-order valence-electron chi connectivity index (χ0n) is 19.6. The topological polar surface area (TPSA) is 36.0 Å². The number of hydrogen-bond acceptors (Lipinski definition) is 4. The number of fused-ring (bicyclic) bond motifs is 1. The lowest BCUT2D eigenvalue weighted by Crippen LogP contribution is -2.31. The maximum absolute atomic E-state index is 13.2. The van der Waals surface area contributed by atoms with Crippen LogP contribution in [0.2, 0.25) is 0 Å². The van der Waals surface area contributed by atoms with Gasteiger partial charge in [-0.3, -0.25) is 4.79 Å². The Balaban J connectivity index is 1.27. The number of likely N-dealkylation sites (N-methyl/N-ethyl adjacent to an activating group) is 1. The average molecular weight is 442 g/mol. The minimum Gasteiger partial charge on any atom is -0.457 e. The third-order valence-corrected chi connectivity index (χ3v) is 6.80. The van der Waals surface area contributed by atoms with E-state index in [1.165, 1.54) is 12.1 Å². The Morgan fingerprint density at radius 1 is 1.00 bits per heavy atom. The van der Waals surface area contributed by atoms with Crippen molar-refractivity contribution in [3.8, 4) is 11.5 Å². The molecule has 0 aliphatic carbocycles. The summed E-state index contributed by atoms with van der Waals surface area (Å²) >= 11 is 0. The highest BCUT2D eigenvalue weighted by Crippen LogP contribution is 2.33. The Labute approximate surface area is 196 Å². The van der Waals surface area contributed by atoms with Crippen molar-refractivity contribution in [2.45, 2.75) is 32.5 Å². The first-order chi connectivity index (χ1) is 16.0. The van der Waals surface area contributed by atoms with Crippen molar-refractivity contribution in [2.75, 3.05) is 32.1 Å². The van der Waals surface area contributed by atoms with Crippen molar-refractivity contribution in [3.63, 3.8) is 0 Å². The smallest absolute Gasteiger partial charge is 0.255 e. The van der Waals surface area contributed by atoms with Crippen LogP contribution in [0.3, 0.4) is 0 Å². The van der Waals surface area contributed by atoms with Gasteiger partial charge in [0.1, 0.15) is 11.5 Å². The van der Waals surface area contributed by atoms with Crippen LogP contribution in [0.4, 0.5) is 5.69 Å². The molecule has 1 amide bonds. The lowest BCUT2D eigenvalue weighted by atomic mass is 10.0. The summed E-state index contributed by atoms with van der Waals surface area (Å²) in [5.41, 5.74) is 5.45. The number of rotatable bonds is 6. The molecule has 2 aliphatic rings. The number of amides is 1. The van der Waals surface area contributed by atoms with Crippen molar-refractivity contribution in [1.29, 1.82) is 0 Å². The van der Waals surface area contributed by atoms with Crippen LogP contribution in [0, 0.1) is 6.92 Å². The highest BCUT2D eigenvalue weighted by Gasteiger charge is 2.31. The average Bonchev–Trinajstić information content (AvgIpc) is 3.42. The standard InChI is InChI=1S/C28H31N3O2/c1-20-15-24(30-14-13-23(19-30)29(2)3)16-22-18-31(28(32)27(20)22)17-21-9-11-26(12-10-21)33-25-7-5-4-6-8-25/h4-12,15-16,23H,13-14,17-19H2,1-3H3. The van der Waals surface area contributed by atoms with E-state index in [0.29, 0.717) is 19.1 Å². The lowest BCUT2D eigenvalue weighted by molar-refractivity contribution is 0.0766. The third kappa shape index (κ3) is 4.46. The normalized spacial score (nSPS) is 17.7. The number of benzene rings is 3. The first kappa shape index (κ1) is 21.5. The molecule has 0 spiro atoms. The number of carbonyl (C=O) groups is 1. The molecule has 3 aromatic rings. The Morgan fingerprint density at radius 2 is 1.73 bits per heavy atom. The molecule has 5 rings (SSSR count). The predicted molar refractivity (Wildman–Crippen MR) is 132 cm³/mol. The first-order valence-electron chi connectivity index (χ1n) is 11.6. The van der Waals surface area contributed by atoms with Crippen LogP contribution >= 0.6 is 0 Å². The van der Waals surface area contributed by atoms with Gasteiger partial charge in [0.05, 0.1) is 0 Å². The van der Waals surface area contributed by atoms with Crippen LogP contribution in [0.15, 0.2) is 66.7 Å². The van der Waals surface area contributed by atoms with Crippen LogP contribution in [-0.2, 0) is 13.1 Å². The van der Waals surface area contributed by atoms with Gasteiger partial charge in [0.15, 0.2) is 0 Å². The Hall–Kier alpha value is -3.31. The Bertz CT molecular complexity index is 1140. The molecule has 2 heterocycles. The van der Waals surface area contributed by atoms with Crippen LogP contribution in [0.25, 0.3) is 0 Å². The number of hydrogen-bond donors (Lipinski definition) is 0. The summed E-state index contributed by atoms with van der Waals surface area (Å²) in [4.78, 5) is 19.9. The summed E-state index contributed by atoms with van der Waals surface area (Å²) in [5, 5.41) is 0. The van der Waals surface area contributed by atoms with Gasteiger partial charge >= 0.3 is 0 Å². The van der Waals surface area contributed by atoms with Gasteiger partial charge in [-0.15, -0.1) is 0 Å². The van der Waals surface area contributed by atoms with Crippen molar-refractivity contribution in [2.24, 2.45) is 0 Å². The van der Waals surface area contributed by atoms with Crippen LogP contribution in [-0.4, -0.2) is 48.9 Å². The second-order valence-electron chi connectivity index (χ2n) is 9.37. The van der Waals surface area contributed by atoms with Gasteiger partial charge in [0, 0.05) is 43.5 Å². The molecule has 170 valence electrons. The maximum Gasteiger partial charge on any atom is 0.255 e. The molecule has 1 unspecified atom stereocenters. The molecule has 0 radical (unpaired) electrons. The number of anilines is 1. The van der Waals surface area contributed by atoms with E-state index in [1.807, 2.05) is 59.5 Å². The second kappa shape index (κ2) is 8.91. The maximum atomic E-state index is 13.2. The van der Waals surface area contributed by atoms with Crippen LogP contribution in [0.1, 0.15) is 33.5 Å².